The van der Waals surface area contributed by atoms with E-state index in [0.29, 0.717) is 18.0 Å². The van der Waals surface area contributed by atoms with Crippen LogP contribution in [0.15, 0.2) is 29.3 Å². The average molecular weight is 385 g/mol. The zero-order valence-electron chi connectivity index (χ0n) is 16.6. The summed E-state index contributed by atoms with van der Waals surface area (Å²) in [6.07, 6.45) is -3.30. The Bertz CT molecular complexity index is 638. The Balaban J connectivity index is 2.12. The summed E-state index contributed by atoms with van der Waals surface area (Å²) in [5, 5.41) is 3.27. The molecule has 1 aliphatic heterocycles. The van der Waals surface area contributed by atoms with Crippen LogP contribution in [0.25, 0.3) is 0 Å². The predicted molar refractivity (Wildman–Crippen MR) is 102 cm³/mol. The molecule has 1 unspecified atom stereocenters. The Morgan fingerprint density at radius 1 is 1.30 bits per heavy atom. The molecule has 1 aromatic carbocycles. The largest absolute Gasteiger partial charge is 0.416 e. The minimum Gasteiger partial charge on any atom is -0.381 e. The van der Waals surface area contributed by atoms with Crippen LogP contribution in [0.2, 0.25) is 0 Å². The number of hydrogen-bond donors (Lipinski definition) is 1. The van der Waals surface area contributed by atoms with Gasteiger partial charge in [0.2, 0.25) is 0 Å². The van der Waals surface area contributed by atoms with Crippen LogP contribution in [0.5, 0.6) is 0 Å². The lowest BCUT2D eigenvalue weighted by Crippen LogP contribution is -2.42. The molecule has 0 spiro atoms. The van der Waals surface area contributed by atoms with Crippen LogP contribution in [0, 0.1) is 5.92 Å². The molecule has 1 saturated heterocycles. The van der Waals surface area contributed by atoms with Gasteiger partial charge >= 0.3 is 6.18 Å². The lowest BCUT2D eigenvalue weighted by atomic mass is 9.84. The maximum atomic E-state index is 13.0. The number of hydrogen-bond acceptors (Lipinski definition) is 2. The fourth-order valence-electron chi connectivity index (χ4n) is 3.15. The van der Waals surface area contributed by atoms with Gasteiger partial charge in [-0.05, 0) is 25.0 Å². The molecular formula is C20H30F3N3O. The molecule has 0 bridgehead atoms. The van der Waals surface area contributed by atoms with E-state index >= 15 is 0 Å². The van der Waals surface area contributed by atoms with Gasteiger partial charge in [-0.15, -0.1) is 0 Å². The Hall–Kier alpha value is -1.76. The molecule has 1 aliphatic rings. The third-order valence-electron chi connectivity index (χ3n) is 4.85. The molecule has 152 valence electrons. The molecule has 2 rings (SSSR count). The van der Waals surface area contributed by atoms with Crippen molar-refractivity contribution in [3.8, 4) is 0 Å². The second-order valence-electron chi connectivity index (χ2n) is 7.74. The van der Waals surface area contributed by atoms with E-state index in [-0.39, 0.29) is 0 Å². The number of alkyl halides is 3. The molecule has 0 radical (unpaired) electrons. The highest BCUT2D eigenvalue weighted by atomic mass is 19.4. The Morgan fingerprint density at radius 3 is 2.59 bits per heavy atom. The second-order valence-corrected chi connectivity index (χ2v) is 7.74. The molecule has 1 aromatic rings. The van der Waals surface area contributed by atoms with Gasteiger partial charge in [-0.2, -0.15) is 13.2 Å². The molecule has 27 heavy (non-hydrogen) atoms. The molecular weight excluding hydrogens is 355 g/mol. The van der Waals surface area contributed by atoms with E-state index in [1.807, 2.05) is 27.8 Å². The van der Waals surface area contributed by atoms with Gasteiger partial charge in [-0.1, -0.05) is 32.0 Å². The van der Waals surface area contributed by atoms with Crippen molar-refractivity contribution in [3.05, 3.63) is 35.4 Å². The number of aliphatic imine (C=N–C) groups is 1. The van der Waals surface area contributed by atoms with Crippen molar-refractivity contribution < 1.29 is 17.9 Å². The highest BCUT2D eigenvalue weighted by Gasteiger charge is 2.32. The molecule has 0 aliphatic carbocycles. The molecule has 1 fully saturated rings. The first-order valence-electron chi connectivity index (χ1n) is 9.38. The first-order chi connectivity index (χ1) is 12.6. The van der Waals surface area contributed by atoms with Gasteiger partial charge in [0.15, 0.2) is 5.96 Å². The summed E-state index contributed by atoms with van der Waals surface area (Å²) in [6.45, 7) is 9.36. The lowest BCUT2D eigenvalue weighted by Gasteiger charge is -2.28. The highest BCUT2D eigenvalue weighted by molar-refractivity contribution is 5.79. The van der Waals surface area contributed by atoms with Crippen LogP contribution in [0.1, 0.15) is 38.3 Å². The van der Waals surface area contributed by atoms with Gasteiger partial charge in [-0.25, -0.2) is 0 Å². The summed E-state index contributed by atoms with van der Waals surface area (Å²) in [5.74, 6) is 1.25. The number of ether oxygens (including phenoxy) is 1. The number of rotatable bonds is 6. The Kier molecular flexibility index (Phi) is 7.14. The Morgan fingerprint density at radius 2 is 2.00 bits per heavy atom. The van der Waals surface area contributed by atoms with Gasteiger partial charge in [0.25, 0.3) is 0 Å². The van der Waals surface area contributed by atoms with E-state index in [4.69, 9.17) is 9.73 Å². The van der Waals surface area contributed by atoms with Crippen LogP contribution >= 0.6 is 0 Å². The van der Waals surface area contributed by atoms with Crippen molar-refractivity contribution in [2.75, 3.05) is 39.9 Å². The van der Waals surface area contributed by atoms with E-state index in [0.717, 1.165) is 44.8 Å². The third-order valence-corrected chi connectivity index (χ3v) is 4.85. The van der Waals surface area contributed by atoms with Crippen LogP contribution in [0.4, 0.5) is 13.2 Å². The number of nitrogens with one attached hydrogen (secondary N) is 1. The van der Waals surface area contributed by atoms with E-state index in [1.54, 1.807) is 6.07 Å². The zero-order chi connectivity index (χ0) is 20.1. The summed E-state index contributed by atoms with van der Waals surface area (Å²) in [7, 11) is 1.98. The summed E-state index contributed by atoms with van der Waals surface area (Å²) in [4.78, 5) is 6.78. The molecule has 0 saturated carbocycles. The summed E-state index contributed by atoms with van der Waals surface area (Å²) in [6, 6.07) is 5.52. The van der Waals surface area contributed by atoms with E-state index in [1.165, 1.54) is 12.1 Å². The van der Waals surface area contributed by atoms with Gasteiger partial charge in [0, 0.05) is 38.1 Å². The van der Waals surface area contributed by atoms with Crippen molar-refractivity contribution >= 4 is 5.96 Å². The highest BCUT2D eigenvalue weighted by Crippen LogP contribution is 2.33. The molecule has 0 amide bonds. The number of guanidine groups is 1. The van der Waals surface area contributed by atoms with Crippen molar-refractivity contribution in [2.24, 2.45) is 10.9 Å². The monoisotopic (exact) mass is 385 g/mol. The molecule has 1 N–H and O–H groups in total. The first kappa shape index (κ1) is 21.5. The van der Waals surface area contributed by atoms with Gasteiger partial charge in [-0.3, -0.25) is 4.99 Å². The van der Waals surface area contributed by atoms with Gasteiger partial charge in [0.1, 0.15) is 0 Å². The van der Waals surface area contributed by atoms with Gasteiger partial charge < -0.3 is 15.0 Å². The minimum absolute atomic E-state index is 0.391. The maximum absolute atomic E-state index is 13.0. The van der Waals surface area contributed by atoms with Crippen molar-refractivity contribution in [2.45, 2.75) is 38.8 Å². The zero-order valence-corrected chi connectivity index (χ0v) is 16.6. The summed E-state index contributed by atoms with van der Waals surface area (Å²) in [5.41, 5.74) is -0.509. The number of benzene rings is 1. The number of halogens is 3. The fourth-order valence-corrected chi connectivity index (χ4v) is 3.15. The van der Waals surface area contributed by atoms with Crippen molar-refractivity contribution in [3.63, 3.8) is 0 Å². The third kappa shape index (κ3) is 6.13. The van der Waals surface area contributed by atoms with Crippen molar-refractivity contribution in [1.82, 2.24) is 10.2 Å². The van der Waals surface area contributed by atoms with Crippen LogP contribution in [0.3, 0.4) is 0 Å². The maximum Gasteiger partial charge on any atom is 0.416 e. The lowest BCUT2D eigenvalue weighted by molar-refractivity contribution is -0.137. The SMILES string of the molecule is CCNC(=NCC(C)(C)c1cccc(C(F)(F)F)c1)N(C)CC1CCOC1. The smallest absolute Gasteiger partial charge is 0.381 e. The predicted octanol–water partition coefficient (Wildman–Crippen LogP) is 3.92. The average Bonchev–Trinajstić information content (AvgIpc) is 3.11. The van der Waals surface area contributed by atoms with Crippen LogP contribution in [-0.2, 0) is 16.3 Å². The quantitative estimate of drug-likeness (QED) is 0.596. The minimum atomic E-state index is -4.34. The first-order valence-corrected chi connectivity index (χ1v) is 9.38. The number of nitrogens with zero attached hydrogens (tertiary/aromatic N) is 2. The summed E-state index contributed by atoms with van der Waals surface area (Å²) < 4.78 is 44.5. The van der Waals surface area contributed by atoms with Crippen LogP contribution < -0.4 is 5.32 Å². The standard InChI is InChI=1S/C20H30F3N3O/c1-5-24-18(26(4)12-15-9-10-27-13-15)25-14-19(2,3)16-7-6-8-17(11-16)20(21,22)23/h6-8,11,15H,5,9-10,12-14H2,1-4H3,(H,24,25). The normalized spacial score (nSPS) is 18.6. The van der Waals surface area contributed by atoms with E-state index < -0.39 is 17.2 Å². The Labute approximate surface area is 159 Å². The van der Waals surface area contributed by atoms with E-state index in [9.17, 15) is 13.2 Å². The molecule has 7 heteroatoms. The van der Waals surface area contributed by atoms with Crippen LogP contribution in [-0.4, -0.2) is 50.8 Å². The van der Waals surface area contributed by atoms with Crippen molar-refractivity contribution in [1.29, 1.82) is 0 Å². The molecule has 4 nitrogen and oxygen atoms in total. The van der Waals surface area contributed by atoms with Gasteiger partial charge in [0.05, 0.1) is 18.7 Å². The molecule has 1 heterocycles. The molecule has 1 atom stereocenters. The van der Waals surface area contributed by atoms with E-state index in [2.05, 4.69) is 10.2 Å². The molecule has 0 aromatic heterocycles. The fraction of sp³-hybridized carbons (Fsp3) is 0.650. The topological polar surface area (TPSA) is 36.9 Å². The summed E-state index contributed by atoms with van der Waals surface area (Å²) >= 11 is 0. The second kappa shape index (κ2) is 8.95.